The SMILES string of the molecule is Cc1cccc2[nH]cc(CN=Nc3ncnc4sc(Cc5ccccc5)cc34)c12. The molecule has 3 aromatic heterocycles. The van der Waals surface area contributed by atoms with Gasteiger partial charge in [0.15, 0.2) is 5.82 Å². The molecule has 0 aliphatic heterocycles. The smallest absolute Gasteiger partial charge is 0.185 e. The largest absolute Gasteiger partial charge is 0.361 e. The average Bonchev–Trinajstić information content (AvgIpc) is 3.34. The van der Waals surface area contributed by atoms with Crippen molar-refractivity contribution >= 4 is 38.3 Å². The van der Waals surface area contributed by atoms with Crippen molar-refractivity contribution in [1.82, 2.24) is 15.0 Å². The van der Waals surface area contributed by atoms with Crippen LogP contribution in [0, 0.1) is 6.92 Å². The summed E-state index contributed by atoms with van der Waals surface area (Å²) >= 11 is 1.68. The lowest BCUT2D eigenvalue weighted by molar-refractivity contribution is 0.953. The molecule has 0 aliphatic rings. The fourth-order valence-electron chi connectivity index (χ4n) is 3.61. The van der Waals surface area contributed by atoms with E-state index in [-0.39, 0.29) is 0 Å². The maximum absolute atomic E-state index is 4.44. The van der Waals surface area contributed by atoms with E-state index in [4.69, 9.17) is 0 Å². The monoisotopic (exact) mass is 397 g/mol. The summed E-state index contributed by atoms with van der Waals surface area (Å²) in [4.78, 5) is 14.3. The fraction of sp³-hybridized carbons (Fsp3) is 0.130. The topological polar surface area (TPSA) is 66.3 Å². The summed E-state index contributed by atoms with van der Waals surface area (Å²) in [5, 5.41) is 11.1. The number of fused-ring (bicyclic) bond motifs is 2. The summed E-state index contributed by atoms with van der Waals surface area (Å²) in [5.74, 6) is 0.627. The second kappa shape index (κ2) is 7.56. The van der Waals surface area contributed by atoms with Gasteiger partial charge in [-0.15, -0.1) is 16.5 Å². The van der Waals surface area contributed by atoms with Crippen LogP contribution < -0.4 is 0 Å². The summed E-state index contributed by atoms with van der Waals surface area (Å²) < 4.78 is 0. The van der Waals surface area contributed by atoms with Crippen LogP contribution in [0.15, 0.2) is 77.3 Å². The highest BCUT2D eigenvalue weighted by molar-refractivity contribution is 7.18. The summed E-state index contributed by atoms with van der Waals surface area (Å²) in [7, 11) is 0. The molecular formula is C23H19N5S. The first kappa shape index (κ1) is 17.7. The Balaban J connectivity index is 1.41. The quantitative estimate of drug-likeness (QED) is 0.351. The van der Waals surface area contributed by atoms with Gasteiger partial charge < -0.3 is 4.98 Å². The maximum Gasteiger partial charge on any atom is 0.185 e. The summed E-state index contributed by atoms with van der Waals surface area (Å²) in [6.45, 7) is 2.63. The third-order valence-electron chi connectivity index (χ3n) is 4.98. The molecule has 0 spiro atoms. The number of hydrogen-bond donors (Lipinski definition) is 1. The molecule has 5 nitrogen and oxygen atoms in total. The lowest BCUT2D eigenvalue weighted by atomic mass is 10.1. The van der Waals surface area contributed by atoms with Crippen LogP contribution in [0.4, 0.5) is 5.82 Å². The Labute approximate surface area is 172 Å². The number of thiophene rings is 1. The second-order valence-corrected chi connectivity index (χ2v) is 8.12. The van der Waals surface area contributed by atoms with Crippen LogP contribution in [0.5, 0.6) is 0 Å². The zero-order valence-corrected chi connectivity index (χ0v) is 16.8. The zero-order valence-electron chi connectivity index (χ0n) is 16.0. The third kappa shape index (κ3) is 3.54. The number of benzene rings is 2. The molecule has 0 atom stereocenters. The van der Waals surface area contributed by atoms with Gasteiger partial charge in [0, 0.05) is 34.0 Å². The molecule has 1 N–H and O–H groups in total. The molecule has 0 saturated heterocycles. The van der Waals surface area contributed by atoms with Crippen molar-refractivity contribution in [3.05, 3.63) is 88.7 Å². The standard InChI is InChI=1S/C23H19N5S/c1-15-6-5-9-20-21(15)17(12-24-20)13-27-28-22-19-11-18(29-23(19)26-14-25-22)10-16-7-3-2-4-8-16/h2-9,11-12,14,24H,10,13H2,1H3. The highest BCUT2D eigenvalue weighted by atomic mass is 32.1. The predicted molar refractivity (Wildman–Crippen MR) is 118 cm³/mol. The molecule has 0 saturated carbocycles. The van der Waals surface area contributed by atoms with E-state index in [1.54, 1.807) is 17.7 Å². The molecule has 2 aromatic carbocycles. The van der Waals surface area contributed by atoms with Crippen LogP contribution in [0.1, 0.15) is 21.6 Å². The van der Waals surface area contributed by atoms with Crippen LogP contribution in [-0.4, -0.2) is 15.0 Å². The number of H-pyrrole nitrogens is 1. The lowest BCUT2D eigenvalue weighted by Gasteiger charge is -1.98. The number of aromatic amines is 1. The van der Waals surface area contributed by atoms with Crippen molar-refractivity contribution in [1.29, 1.82) is 0 Å². The Kier molecular flexibility index (Phi) is 4.62. The summed E-state index contributed by atoms with van der Waals surface area (Å²) in [6, 6.07) is 18.8. The molecule has 5 rings (SSSR count). The Hall–Kier alpha value is -3.38. The van der Waals surface area contributed by atoms with Gasteiger partial charge in [0.05, 0.1) is 11.9 Å². The first-order chi connectivity index (χ1) is 14.3. The molecule has 0 aliphatic carbocycles. The van der Waals surface area contributed by atoms with E-state index in [9.17, 15) is 0 Å². The Morgan fingerprint density at radius 3 is 2.83 bits per heavy atom. The van der Waals surface area contributed by atoms with Crippen molar-refractivity contribution in [3.63, 3.8) is 0 Å². The number of nitrogens with one attached hydrogen (secondary N) is 1. The second-order valence-electron chi connectivity index (χ2n) is 7.00. The van der Waals surface area contributed by atoms with Gasteiger partial charge in [-0.05, 0) is 30.2 Å². The highest BCUT2D eigenvalue weighted by Crippen LogP contribution is 2.31. The van der Waals surface area contributed by atoms with E-state index in [0.29, 0.717) is 12.4 Å². The van der Waals surface area contributed by atoms with Gasteiger partial charge >= 0.3 is 0 Å². The zero-order chi connectivity index (χ0) is 19.6. The van der Waals surface area contributed by atoms with Crippen molar-refractivity contribution < 1.29 is 0 Å². The number of hydrogen-bond acceptors (Lipinski definition) is 5. The van der Waals surface area contributed by atoms with E-state index in [0.717, 1.165) is 27.7 Å². The van der Waals surface area contributed by atoms with E-state index in [1.165, 1.54) is 21.4 Å². The molecule has 29 heavy (non-hydrogen) atoms. The molecule has 0 amide bonds. The molecule has 3 heterocycles. The predicted octanol–water partition coefficient (Wildman–Crippen LogP) is 6.36. The van der Waals surface area contributed by atoms with Crippen molar-refractivity contribution in [3.8, 4) is 0 Å². The molecule has 0 fully saturated rings. The normalized spacial score (nSPS) is 11.8. The molecule has 142 valence electrons. The maximum atomic E-state index is 4.44. The van der Waals surface area contributed by atoms with Crippen molar-refractivity contribution in [2.75, 3.05) is 0 Å². The first-order valence-corrected chi connectivity index (χ1v) is 10.3. The van der Waals surface area contributed by atoms with Crippen LogP contribution in [0.25, 0.3) is 21.1 Å². The fourth-order valence-corrected chi connectivity index (χ4v) is 4.64. The number of aromatic nitrogens is 3. The van der Waals surface area contributed by atoms with Crippen molar-refractivity contribution in [2.24, 2.45) is 10.2 Å². The number of azo groups is 1. The molecule has 0 bridgehead atoms. The Morgan fingerprint density at radius 2 is 1.93 bits per heavy atom. The van der Waals surface area contributed by atoms with Crippen LogP contribution in [-0.2, 0) is 13.0 Å². The minimum absolute atomic E-state index is 0.511. The highest BCUT2D eigenvalue weighted by Gasteiger charge is 2.10. The minimum atomic E-state index is 0.511. The van der Waals surface area contributed by atoms with Gasteiger partial charge in [-0.2, -0.15) is 5.11 Å². The van der Waals surface area contributed by atoms with E-state index >= 15 is 0 Å². The summed E-state index contributed by atoms with van der Waals surface area (Å²) in [6.07, 6.45) is 4.46. The number of nitrogens with zero attached hydrogens (tertiary/aromatic N) is 4. The van der Waals surface area contributed by atoms with Gasteiger partial charge in [0.2, 0.25) is 0 Å². The summed E-state index contributed by atoms with van der Waals surface area (Å²) in [5.41, 5.74) is 4.79. The third-order valence-corrected chi connectivity index (χ3v) is 6.03. The van der Waals surface area contributed by atoms with Gasteiger partial charge in [-0.3, -0.25) is 0 Å². The number of rotatable bonds is 5. The molecule has 0 unspecified atom stereocenters. The van der Waals surface area contributed by atoms with Crippen molar-refractivity contribution in [2.45, 2.75) is 19.9 Å². The van der Waals surface area contributed by atoms with Gasteiger partial charge in [-0.25, -0.2) is 9.97 Å². The minimum Gasteiger partial charge on any atom is -0.361 e. The van der Waals surface area contributed by atoms with Crippen LogP contribution >= 0.6 is 11.3 Å². The van der Waals surface area contributed by atoms with Crippen LogP contribution in [0.3, 0.4) is 0 Å². The van der Waals surface area contributed by atoms with E-state index < -0.39 is 0 Å². The lowest BCUT2D eigenvalue weighted by Crippen LogP contribution is -1.82. The first-order valence-electron chi connectivity index (χ1n) is 9.48. The van der Waals surface area contributed by atoms with E-state index in [2.05, 4.69) is 80.6 Å². The Morgan fingerprint density at radius 1 is 1.03 bits per heavy atom. The molecule has 6 heteroatoms. The molecule has 0 radical (unpaired) electrons. The van der Waals surface area contributed by atoms with Crippen LogP contribution in [0.2, 0.25) is 0 Å². The van der Waals surface area contributed by atoms with Gasteiger partial charge in [0.1, 0.15) is 11.2 Å². The average molecular weight is 398 g/mol. The van der Waals surface area contributed by atoms with E-state index in [1.807, 2.05) is 12.3 Å². The van der Waals surface area contributed by atoms with Gasteiger partial charge in [0.25, 0.3) is 0 Å². The molecular weight excluding hydrogens is 378 g/mol. The number of aryl methyl sites for hydroxylation is 1. The van der Waals surface area contributed by atoms with Gasteiger partial charge in [-0.1, -0.05) is 42.5 Å². The Bertz CT molecular complexity index is 1320. The molecule has 5 aromatic rings.